The predicted octanol–water partition coefficient (Wildman–Crippen LogP) is 6.65. The molecule has 35 heavy (non-hydrogen) atoms. The number of anilines is 1. The molecule has 1 heterocycles. The van der Waals surface area contributed by atoms with E-state index < -0.39 is 0 Å². The lowest BCUT2D eigenvalue weighted by atomic mass is 9.91. The zero-order valence-corrected chi connectivity index (χ0v) is 23.7. The largest absolute Gasteiger partial charge is 0.369 e. The third-order valence-corrected chi connectivity index (χ3v) is 7.33. The minimum Gasteiger partial charge on any atom is -0.369 e. The quantitative estimate of drug-likeness (QED) is 0.223. The van der Waals surface area contributed by atoms with E-state index in [2.05, 4.69) is 79.9 Å². The Balaban J connectivity index is 2.43. The van der Waals surface area contributed by atoms with Gasteiger partial charge in [-0.05, 0) is 64.9 Å². The van der Waals surface area contributed by atoms with Crippen LogP contribution in [0.25, 0.3) is 0 Å². The van der Waals surface area contributed by atoms with Crippen molar-refractivity contribution in [2.75, 3.05) is 51.7 Å². The highest BCUT2D eigenvalue weighted by Crippen LogP contribution is 2.31. The molecular weight excluding hydrogens is 454 g/mol. The van der Waals surface area contributed by atoms with Gasteiger partial charge in [-0.15, -0.1) is 0 Å². The van der Waals surface area contributed by atoms with Crippen LogP contribution in [0.2, 0.25) is 0 Å². The van der Waals surface area contributed by atoms with E-state index >= 15 is 0 Å². The van der Waals surface area contributed by atoms with Gasteiger partial charge in [0, 0.05) is 54.4 Å². The van der Waals surface area contributed by atoms with Gasteiger partial charge in [0.1, 0.15) is 6.29 Å². The van der Waals surface area contributed by atoms with Crippen molar-refractivity contribution >= 4 is 23.6 Å². The first-order valence-corrected chi connectivity index (χ1v) is 13.9. The smallest absolute Gasteiger partial charge is 0.150 e. The number of nitrogens with zero attached hydrogens (tertiary/aromatic N) is 3. The van der Waals surface area contributed by atoms with Crippen LogP contribution in [0.5, 0.6) is 0 Å². The van der Waals surface area contributed by atoms with E-state index in [1.165, 1.54) is 30.5 Å². The van der Waals surface area contributed by atoms with Crippen molar-refractivity contribution in [2.24, 2.45) is 11.8 Å². The second kappa shape index (κ2) is 15.5. The Morgan fingerprint density at radius 2 is 2.03 bits per heavy atom. The summed E-state index contributed by atoms with van der Waals surface area (Å²) < 4.78 is 0. The van der Waals surface area contributed by atoms with Crippen LogP contribution in [-0.4, -0.2) is 68.9 Å². The van der Waals surface area contributed by atoms with Crippen LogP contribution in [0.15, 0.2) is 41.5 Å². The number of carbonyl (C=O) groups is 1. The number of hydrogen-bond donors (Lipinski definition) is 0. The Morgan fingerprint density at radius 1 is 1.26 bits per heavy atom. The first kappa shape index (κ1) is 29.6. The van der Waals surface area contributed by atoms with Gasteiger partial charge in [-0.1, -0.05) is 75.1 Å². The normalized spacial score (nSPS) is 21.0. The molecule has 0 amide bonds. The summed E-state index contributed by atoms with van der Waals surface area (Å²) in [6.07, 6.45) is 13.6. The predicted molar refractivity (Wildman–Crippen MR) is 153 cm³/mol. The Morgan fingerprint density at radius 3 is 2.63 bits per heavy atom. The van der Waals surface area contributed by atoms with Gasteiger partial charge < -0.3 is 9.80 Å². The van der Waals surface area contributed by atoms with Gasteiger partial charge in [-0.2, -0.15) is 0 Å². The zero-order valence-electron chi connectivity index (χ0n) is 23.0. The Labute approximate surface area is 220 Å². The average molecular weight is 502 g/mol. The average Bonchev–Trinajstić information content (AvgIpc) is 2.98. The molecule has 0 radical (unpaired) electrons. The summed E-state index contributed by atoms with van der Waals surface area (Å²) in [6, 6.07) is 6.56. The molecule has 0 spiro atoms. The molecule has 0 aliphatic carbocycles. The van der Waals surface area contributed by atoms with Crippen molar-refractivity contribution in [2.45, 2.75) is 65.8 Å². The SMILES string of the molecule is C/C=C\C1CN(c2cc(C=O)ccc2CC(CC)CCC)CCN(CCCN(C)C)C1/C=C(\C)Cl. The van der Waals surface area contributed by atoms with E-state index in [0.29, 0.717) is 11.8 Å². The topological polar surface area (TPSA) is 26.8 Å². The van der Waals surface area contributed by atoms with Crippen LogP contribution in [0.4, 0.5) is 5.69 Å². The molecular formula is C30H48ClN3O. The molecule has 1 saturated heterocycles. The highest BCUT2D eigenvalue weighted by molar-refractivity contribution is 6.29. The Kier molecular flexibility index (Phi) is 13.1. The number of aldehydes is 1. The Hall–Kier alpha value is -1.62. The maximum atomic E-state index is 11.7. The van der Waals surface area contributed by atoms with Crippen molar-refractivity contribution in [3.63, 3.8) is 0 Å². The molecule has 1 aliphatic rings. The van der Waals surface area contributed by atoms with E-state index in [1.807, 2.05) is 13.0 Å². The van der Waals surface area contributed by atoms with Gasteiger partial charge in [-0.25, -0.2) is 0 Å². The molecule has 196 valence electrons. The van der Waals surface area contributed by atoms with E-state index in [4.69, 9.17) is 11.6 Å². The number of rotatable bonds is 13. The summed E-state index contributed by atoms with van der Waals surface area (Å²) in [6.45, 7) is 13.6. The summed E-state index contributed by atoms with van der Waals surface area (Å²) in [5.41, 5.74) is 3.37. The van der Waals surface area contributed by atoms with Gasteiger partial charge in [0.15, 0.2) is 0 Å². The van der Waals surface area contributed by atoms with Crippen LogP contribution >= 0.6 is 11.6 Å². The Bertz CT molecular complexity index is 831. The number of allylic oxidation sites excluding steroid dienone is 2. The van der Waals surface area contributed by atoms with Crippen molar-refractivity contribution in [1.29, 1.82) is 0 Å². The zero-order chi connectivity index (χ0) is 25.8. The first-order chi connectivity index (χ1) is 16.8. The second-order valence-electron chi connectivity index (χ2n) is 10.3. The monoisotopic (exact) mass is 501 g/mol. The molecule has 2 rings (SSSR count). The molecule has 0 saturated carbocycles. The lowest BCUT2D eigenvalue weighted by Gasteiger charge is -2.32. The van der Waals surface area contributed by atoms with Gasteiger partial charge in [0.05, 0.1) is 0 Å². The summed E-state index contributed by atoms with van der Waals surface area (Å²) in [5, 5.41) is 0.851. The van der Waals surface area contributed by atoms with E-state index in [1.54, 1.807) is 0 Å². The molecule has 3 unspecified atom stereocenters. The molecule has 4 nitrogen and oxygen atoms in total. The highest BCUT2D eigenvalue weighted by atomic mass is 35.5. The molecule has 3 atom stereocenters. The molecule has 1 aliphatic heterocycles. The highest BCUT2D eigenvalue weighted by Gasteiger charge is 2.30. The molecule has 1 aromatic rings. The minimum atomic E-state index is 0.261. The summed E-state index contributed by atoms with van der Waals surface area (Å²) >= 11 is 6.45. The molecule has 1 fully saturated rings. The van der Waals surface area contributed by atoms with Gasteiger partial charge in [-0.3, -0.25) is 9.69 Å². The van der Waals surface area contributed by atoms with E-state index in [-0.39, 0.29) is 6.04 Å². The third-order valence-electron chi connectivity index (χ3n) is 7.21. The number of halogens is 1. The number of hydrogen-bond acceptors (Lipinski definition) is 4. The van der Waals surface area contributed by atoms with E-state index in [9.17, 15) is 4.79 Å². The molecule has 0 bridgehead atoms. The second-order valence-corrected chi connectivity index (χ2v) is 10.9. The van der Waals surface area contributed by atoms with Gasteiger partial charge >= 0.3 is 0 Å². The standard InChI is InChI=1S/C30H48ClN3O/c1-7-11-25(9-3)20-27-14-13-26(23-35)21-30(27)34-18-17-33(16-10-15-32(5)6)29(19-24(4)31)28(22-34)12-8-2/h8,12-14,19,21,23,25,28-29H,7,9-11,15-18,20,22H2,1-6H3/b12-8-,24-19+. The van der Waals surface area contributed by atoms with Crippen molar-refractivity contribution in [3.05, 3.63) is 52.6 Å². The molecule has 0 aromatic heterocycles. The summed E-state index contributed by atoms with van der Waals surface area (Å²) in [7, 11) is 4.27. The maximum absolute atomic E-state index is 11.7. The number of benzene rings is 1. The molecule has 5 heteroatoms. The fourth-order valence-corrected chi connectivity index (χ4v) is 5.50. The van der Waals surface area contributed by atoms with Crippen LogP contribution < -0.4 is 4.90 Å². The lowest BCUT2D eigenvalue weighted by molar-refractivity contribution is 0.112. The summed E-state index contributed by atoms with van der Waals surface area (Å²) in [5.74, 6) is 0.997. The van der Waals surface area contributed by atoms with Crippen LogP contribution in [0.3, 0.4) is 0 Å². The van der Waals surface area contributed by atoms with Crippen LogP contribution in [-0.2, 0) is 6.42 Å². The van der Waals surface area contributed by atoms with Crippen LogP contribution in [0.1, 0.15) is 69.3 Å². The first-order valence-electron chi connectivity index (χ1n) is 13.5. The van der Waals surface area contributed by atoms with Gasteiger partial charge in [0.2, 0.25) is 0 Å². The summed E-state index contributed by atoms with van der Waals surface area (Å²) in [4.78, 5) is 19.1. The molecule has 0 N–H and O–H groups in total. The van der Waals surface area contributed by atoms with Gasteiger partial charge in [0.25, 0.3) is 0 Å². The van der Waals surface area contributed by atoms with E-state index in [0.717, 1.165) is 62.4 Å². The van der Waals surface area contributed by atoms with Crippen molar-refractivity contribution < 1.29 is 4.79 Å². The lowest BCUT2D eigenvalue weighted by Crippen LogP contribution is -2.40. The van der Waals surface area contributed by atoms with Crippen molar-refractivity contribution in [3.8, 4) is 0 Å². The fraction of sp³-hybridized carbons (Fsp3) is 0.633. The third kappa shape index (κ3) is 9.40. The van der Waals surface area contributed by atoms with Crippen LogP contribution in [0, 0.1) is 11.8 Å². The minimum absolute atomic E-state index is 0.261. The number of carbonyl (C=O) groups excluding carboxylic acids is 1. The molecule has 1 aromatic carbocycles. The fourth-order valence-electron chi connectivity index (χ4n) is 5.37. The maximum Gasteiger partial charge on any atom is 0.150 e. The van der Waals surface area contributed by atoms with Crippen molar-refractivity contribution in [1.82, 2.24) is 9.80 Å².